The second kappa shape index (κ2) is 7.39. The molecule has 25 heavy (non-hydrogen) atoms. The molecule has 1 aromatic carbocycles. The summed E-state index contributed by atoms with van der Waals surface area (Å²) in [7, 11) is 1.26. The first kappa shape index (κ1) is 17.0. The molecule has 9 heteroatoms. The van der Waals surface area contributed by atoms with Crippen LogP contribution in [0.25, 0.3) is 0 Å². The van der Waals surface area contributed by atoms with E-state index in [1.165, 1.54) is 7.11 Å². The topological polar surface area (TPSA) is 106 Å². The van der Waals surface area contributed by atoms with Gasteiger partial charge >= 0.3 is 5.97 Å². The monoisotopic (exact) mass is 349 g/mol. The standard InChI is InChI=1S/C16H19N3O6/c1-23-15(21)7-11-16(22)17-4-5-19(11)8-14(20)18-10-2-3-12-13(6-10)25-9-24-12/h2-3,6,11H,4-5,7-9H2,1H3,(H,17,22)(H,18,20)/t11-/m1/s1. The van der Waals surface area contributed by atoms with Crippen molar-refractivity contribution in [2.45, 2.75) is 12.5 Å². The van der Waals surface area contributed by atoms with Crippen LogP contribution in [-0.2, 0) is 19.1 Å². The Kier molecular flexibility index (Phi) is 5.03. The fraction of sp³-hybridized carbons (Fsp3) is 0.438. The number of nitrogens with zero attached hydrogens (tertiary/aromatic N) is 1. The van der Waals surface area contributed by atoms with Crippen molar-refractivity contribution in [1.82, 2.24) is 10.2 Å². The van der Waals surface area contributed by atoms with Crippen molar-refractivity contribution in [2.24, 2.45) is 0 Å². The van der Waals surface area contributed by atoms with E-state index in [1.807, 2.05) is 0 Å². The molecular formula is C16H19N3O6. The average Bonchev–Trinajstić information content (AvgIpc) is 3.05. The Hall–Kier alpha value is -2.81. The van der Waals surface area contributed by atoms with Gasteiger partial charge in [0.05, 0.1) is 20.1 Å². The van der Waals surface area contributed by atoms with Gasteiger partial charge in [-0.25, -0.2) is 0 Å². The number of benzene rings is 1. The van der Waals surface area contributed by atoms with Crippen LogP contribution in [0.3, 0.4) is 0 Å². The number of hydrogen-bond donors (Lipinski definition) is 2. The van der Waals surface area contributed by atoms with Gasteiger partial charge in [-0.05, 0) is 12.1 Å². The first-order valence-corrected chi connectivity index (χ1v) is 7.85. The summed E-state index contributed by atoms with van der Waals surface area (Å²) >= 11 is 0. The zero-order chi connectivity index (χ0) is 17.8. The minimum Gasteiger partial charge on any atom is -0.469 e. The summed E-state index contributed by atoms with van der Waals surface area (Å²) in [6.45, 7) is 1.05. The number of fused-ring (bicyclic) bond motifs is 1. The summed E-state index contributed by atoms with van der Waals surface area (Å²) in [6.07, 6.45) is -0.0976. The summed E-state index contributed by atoms with van der Waals surface area (Å²) in [5, 5.41) is 5.45. The first-order valence-electron chi connectivity index (χ1n) is 7.85. The molecule has 0 unspecified atom stereocenters. The third-order valence-corrected chi connectivity index (χ3v) is 4.03. The molecule has 3 rings (SSSR count). The number of nitrogens with one attached hydrogen (secondary N) is 2. The zero-order valence-corrected chi connectivity index (χ0v) is 13.7. The highest BCUT2D eigenvalue weighted by atomic mass is 16.7. The lowest BCUT2D eigenvalue weighted by Gasteiger charge is -2.33. The molecule has 1 saturated heterocycles. The maximum absolute atomic E-state index is 12.3. The Morgan fingerprint density at radius 2 is 2.16 bits per heavy atom. The zero-order valence-electron chi connectivity index (χ0n) is 13.7. The first-order chi connectivity index (χ1) is 12.1. The fourth-order valence-electron chi connectivity index (χ4n) is 2.77. The van der Waals surface area contributed by atoms with Crippen molar-refractivity contribution in [3.05, 3.63) is 18.2 Å². The van der Waals surface area contributed by atoms with E-state index in [4.69, 9.17) is 9.47 Å². The van der Waals surface area contributed by atoms with Crippen LogP contribution < -0.4 is 20.1 Å². The van der Waals surface area contributed by atoms with Gasteiger partial charge in [-0.15, -0.1) is 0 Å². The van der Waals surface area contributed by atoms with Crippen LogP contribution in [0.1, 0.15) is 6.42 Å². The summed E-state index contributed by atoms with van der Waals surface area (Å²) in [5.41, 5.74) is 0.570. The highest BCUT2D eigenvalue weighted by Gasteiger charge is 2.33. The molecule has 2 aliphatic rings. The SMILES string of the molecule is COC(=O)C[C@@H]1C(=O)NCCN1CC(=O)Nc1ccc2c(c1)OCO2. The van der Waals surface area contributed by atoms with Gasteiger partial charge in [0.2, 0.25) is 18.6 Å². The summed E-state index contributed by atoms with van der Waals surface area (Å²) in [6, 6.07) is 4.38. The Bertz CT molecular complexity index is 692. The number of methoxy groups -OCH3 is 1. The largest absolute Gasteiger partial charge is 0.469 e. The third-order valence-electron chi connectivity index (χ3n) is 4.03. The molecule has 134 valence electrons. The molecule has 1 atom stereocenters. The van der Waals surface area contributed by atoms with Crippen molar-refractivity contribution in [2.75, 3.05) is 38.9 Å². The van der Waals surface area contributed by atoms with Gasteiger partial charge in [0, 0.05) is 24.8 Å². The normalized spacial score (nSPS) is 19.2. The number of anilines is 1. The molecule has 0 aliphatic carbocycles. The van der Waals surface area contributed by atoms with Crippen LogP contribution in [0.5, 0.6) is 11.5 Å². The number of hydrogen-bond acceptors (Lipinski definition) is 7. The molecule has 0 spiro atoms. The van der Waals surface area contributed by atoms with Gasteiger partial charge in [0.15, 0.2) is 11.5 Å². The van der Waals surface area contributed by atoms with Crippen molar-refractivity contribution in [3.63, 3.8) is 0 Å². The summed E-state index contributed by atoms with van der Waals surface area (Å²) < 4.78 is 15.1. The fourth-order valence-corrected chi connectivity index (χ4v) is 2.77. The average molecular weight is 349 g/mol. The highest BCUT2D eigenvalue weighted by Crippen LogP contribution is 2.34. The van der Waals surface area contributed by atoms with E-state index in [1.54, 1.807) is 23.1 Å². The number of piperazine rings is 1. The maximum Gasteiger partial charge on any atom is 0.307 e. The molecule has 0 aromatic heterocycles. The number of rotatable bonds is 5. The number of esters is 1. The second-order valence-corrected chi connectivity index (χ2v) is 5.67. The van der Waals surface area contributed by atoms with Gasteiger partial charge in [-0.2, -0.15) is 0 Å². The molecule has 0 bridgehead atoms. The van der Waals surface area contributed by atoms with Crippen LogP contribution in [0.15, 0.2) is 18.2 Å². The van der Waals surface area contributed by atoms with Crippen molar-refractivity contribution < 1.29 is 28.6 Å². The van der Waals surface area contributed by atoms with Crippen LogP contribution >= 0.6 is 0 Å². The van der Waals surface area contributed by atoms with E-state index in [0.29, 0.717) is 30.3 Å². The van der Waals surface area contributed by atoms with Crippen molar-refractivity contribution in [3.8, 4) is 11.5 Å². The lowest BCUT2D eigenvalue weighted by Crippen LogP contribution is -2.57. The Labute approximate surface area is 144 Å². The summed E-state index contributed by atoms with van der Waals surface area (Å²) in [4.78, 5) is 37.5. The van der Waals surface area contributed by atoms with E-state index in [2.05, 4.69) is 15.4 Å². The molecule has 9 nitrogen and oxygen atoms in total. The third kappa shape index (κ3) is 4.00. The molecule has 2 heterocycles. The van der Waals surface area contributed by atoms with Crippen LogP contribution in [0.4, 0.5) is 5.69 Å². The van der Waals surface area contributed by atoms with Crippen LogP contribution in [0, 0.1) is 0 Å². The van der Waals surface area contributed by atoms with E-state index in [9.17, 15) is 14.4 Å². The molecular weight excluding hydrogens is 330 g/mol. The van der Waals surface area contributed by atoms with Crippen molar-refractivity contribution in [1.29, 1.82) is 0 Å². The van der Waals surface area contributed by atoms with Gasteiger partial charge in [0.25, 0.3) is 0 Å². The number of amides is 2. The van der Waals surface area contributed by atoms with E-state index in [-0.39, 0.29) is 31.6 Å². The minimum atomic E-state index is -0.719. The molecule has 1 aromatic rings. The lowest BCUT2D eigenvalue weighted by atomic mass is 10.1. The second-order valence-electron chi connectivity index (χ2n) is 5.67. The smallest absolute Gasteiger partial charge is 0.307 e. The molecule has 2 N–H and O–H groups in total. The van der Waals surface area contributed by atoms with Crippen molar-refractivity contribution >= 4 is 23.5 Å². The Balaban J connectivity index is 1.62. The Morgan fingerprint density at radius 1 is 1.36 bits per heavy atom. The van der Waals surface area contributed by atoms with E-state index in [0.717, 1.165) is 0 Å². The number of ether oxygens (including phenoxy) is 3. The predicted molar refractivity (Wildman–Crippen MR) is 86.2 cm³/mol. The molecule has 0 radical (unpaired) electrons. The van der Waals surface area contributed by atoms with Gasteiger partial charge in [0.1, 0.15) is 6.04 Å². The van der Waals surface area contributed by atoms with Gasteiger partial charge < -0.3 is 24.8 Å². The van der Waals surface area contributed by atoms with Crippen LogP contribution in [-0.4, -0.2) is 62.3 Å². The molecule has 2 amide bonds. The molecule has 2 aliphatic heterocycles. The quantitative estimate of drug-likeness (QED) is 0.704. The van der Waals surface area contributed by atoms with Gasteiger partial charge in [-0.1, -0.05) is 0 Å². The summed E-state index contributed by atoms with van der Waals surface area (Å²) in [5.74, 6) is 0.127. The van der Waals surface area contributed by atoms with E-state index < -0.39 is 12.0 Å². The minimum absolute atomic E-state index is 0.0104. The van der Waals surface area contributed by atoms with E-state index >= 15 is 0 Å². The molecule has 1 fully saturated rings. The number of carbonyl (C=O) groups is 3. The molecule has 0 saturated carbocycles. The lowest BCUT2D eigenvalue weighted by molar-refractivity contribution is -0.146. The van der Waals surface area contributed by atoms with Crippen LogP contribution in [0.2, 0.25) is 0 Å². The maximum atomic E-state index is 12.3. The highest BCUT2D eigenvalue weighted by molar-refractivity contribution is 5.94. The number of carbonyl (C=O) groups excluding carboxylic acids is 3. The van der Waals surface area contributed by atoms with Gasteiger partial charge in [-0.3, -0.25) is 19.3 Å². The Morgan fingerprint density at radius 3 is 2.96 bits per heavy atom. The predicted octanol–water partition coefficient (Wildman–Crippen LogP) is -0.283.